The molecule has 1 unspecified atom stereocenters. The summed E-state index contributed by atoms with van der Waals surface area (Å²) in [5, 5.41) is 0. The highest BCUT2D eigenvalue weighted by molar-refractivity contribution is 4.81. The van der Waals surface area contributed by atoms with Crippen LogP contribution < -0.4 is 0 Å². The Hall–Kier alpha value is -0.180. The van der Waals surface area contributed by atoms with Gasteiger partial charge in [0.25, 0.3) is 5.92 Å². The summed E-state index contributed by atoms with van der Waals surface area (Å²) in [6, 6.07) is 0. The highest BCUT2D eigenvalue weighted by Gasteiger charge is 2.45. The first-order valence-electron chi connectivity index (χ1n) is 5.90. The molecule has 0 amide bonds. The monoisotopic (exact) mass is 220 g/mol. The van der Waals surface area contributed by atoms with Crippen LogP contribution in [0.15, 0.2) is 0 Å². The molecule has 1 saturated heterocycles. The van der Waals surface area contributed by atoms with Crippen LogP contribution in [0.25, 0.3) is 0 Å². The summed E-state index contributed by atoms with van der Waals surface area (Å²) in [5.74, 6) is -2.47. The molecule has 1 nitrogen and oxygen atoms in total. The number of halogens is 2. The van der Waals surface area contributed by atoms with Gasteiger partial charge < -0.3 is 4.48 Å². The van der Waals surface area contributed by atoms with Crippen LogP contribution in [0.5, 0.6) is 0 Å². The van der Waals surface area contributed by atoms with E-state index in [0.29, 0.717) is 6.54 Å². The van der Waals surface area contributed by atoms with Crippen LogP contribution in [-0.4, -0.2) is 37.1 Å². The Morgan fingerprint density at radius 3 is 2.40 bits per heavy atom. The number of quaternary nitrogens is 1. The molecule has 15 heavy (non-hydrogen) atoms. The third kappa shape index (κ3) is 3.71. The van der Waals surface area contributed by atoms with Gasteiger partial charge in [0, 0.05) is 11.8 Å². The number of nitrogens with zero attached hydrogens (tertiary/aromatic N) is 1. The molecule has 0 aromatic heterocycles. The highest BCUT2D eigenvalue weighted by atomic mass is 19.3. The minimum atomic E-state index is -2.47. The van der Waals surface area contributed by atoms with E-state index in [2.05, 4.69) is 14.0 Å². The molecule has 0 radical (unpaired) electrons. The van der Waals surface area contributed by atoms with E-state index in [1.165, 1.54) is 0 Å². The van der Waals surface area contributed by atoms with Gasteiger partial charge in [-0.3, -0.25) is 0 Å². The Morgan fingerprint density at radius 2 is 1.87 bits per heavy atom. The molecule has 0 aromatic carbocycles. The number of hydrogen-bond acceptors (Lipinski definition) is 0. The van der Waals surface area contributed by atoms with Gasteiger partial charge in [-0.05, 0) is 6.42 Å². The lowest BCUT2D eigenvalue weighted by molar-refractivity contribution is -0.914. The van der Waals surface area contributed by atoms with Gasteiger partial charge in [0.05, 0.1) is 33.1 Å². The maximum atomic E-state index is 13.5. The fraction of sp³-hybridized carbons (Fsp3) is 1.00. The first kappa shape index (κ1) is 12.9. The third-order valence-electron chi connectivity index (χ3n) is 3.33. The number of hydrogen-bond donors (Lipinski definition) is 0. The number of likely N-dealkylation sites (tertiary alicyclic amines) is 1. The van der Waals surface area contributed by atoms with Crippen LogP contribution in [0.4, 0.5) is 8.78 Å². The van der Waals surface area contributed by atoms with Crippen molar-refractivity contribution < 1.29 is 13.3 Å². The molecule has 0 bridgehead atoms. The van der Waals surface area contributed by atoms with Crippen molar-refractivity contribution in [3.8, 4) is 0 Å². The molecule has 1 rings (SSSR count). The molecule has 3 heteroatoms. The normalized spacial score (nSPS) is 34.8. The fourth-order valence-corrected chi connectivity index (χ4v) is 3.12. The van der Waals surface area contributed by atoms with E-state index in [-0.39, 0.29) is 18.3 Å². The summed E-state index contributed by atoms with van der Waals surface area (Å²) in [5.41, 5.74) is -0.246. The van der Waals surface area contributed by atoms with Gasteiger partial charge in [0.1, 0.15) is 0 Å². The maximum Gasteiger partial charge on any atom is 0.254 e. The van der Waals surface area contributed by atoms with Crippen molar-refractivity contribution in [1.29, 1.82) is 0 Å². The smallest absolute Gasteiger partial charge is 0.254 e. The van der Waals surface area contributed by atoms with Crippen molar-refractivity contribution in [2.75, 3.05) is 26.7 Å². The lowest BCUT2D eigenvalue weighted by Gasteiger charge is -2.38. The summed E-state index contributed by atoms with van der Waals surface area (Å²) >= 11 is 0. The summed E-state index contributed by atoms with van der Waals surface area (Å²) in [6.45, 7) is 8.57. The van der Waals surface area contributed by atoms with Crippen LogP contribution >= 0.6 is 0 Å². The minimum Gasteiger partial charge on any atom is -0.325 e. The van der Waals surface area contributed by atoms with Gasteiger partial charge in [0.2, 0.25) is 0 Å². The van der Waals surface area contributed by atoms with Gasteiger partial charge >= 0.3 is 0 Å². The minimum absolute atomic E-state index is 0.0392. The maximum absolute atomic E-state index is 13.5. The van der Waals surface area contributed by atoms with E-state index in [0.717, 1.165) is 24.0 Å². The van der Waals surface area contributed by atoms with Crippen molar-refractivity contribution in [3.63, 3.8) is 0 Å². The van der Waals surface area contributed by atoms with Crippen molar-refractivity contribution in [3.05, 3.63) is 0 Å². The van der Waals surface area contributed by atoms with E-state index in [4.69, 9.17) is 0 Å². The standard InChI is InChI=1S/C12H24F2N/c1-5-7-15(4)8-6-12(13,14)9-11(2,3)10-15/h5-10H2,1-4H3/q+1. The van der Waals surface area contributed by atoms with E-state index in [9.17, 15) is 8.78 Å². The molecule has 1 atom stereocenters. The first-order chi connectivity index (χ1) is 6.68. The van der Waals surface area contributed by atoms with Crippen molar-refractivity contribution in [1.82, 2.24) is 0 Å². The highest BCUT2D eigenvalue weighted by Crippen LogP contribution is 2.39. The Bertz CT molecular complexity index is 226. The van der Waals surface area contributed by atoms with Gasteiger partial charge in [-0.25, -0.2) is 8.78 Å². The molecule has 0 spiro atoms. The van der Waals surface area contributed by atoms with Crippen LogP contribution in [0.3, 0.4) is 0 Å². The topological polar surface area (TPSA) is 0 Å². The Labute approximate surface area is 92.0 Å². The summed E-state index contributed by atoms with van der Waals surface area (Å²) in [7, 11) is 2.12. The van der Waals surface area contributed by atoms with Gasteiger partial charge in [-0.15, -0.1) is 0 Å². The molecule has 1 fully saturated rings. The van der Waals surface area contributed by atoms with Crippen molar-refractivity contribution >= 4 is 0 Å². The molecular formula is C12H24F2N+. The second kappa shape index (κ2) is 4.00. The molecule has 0 N–H and O–H groups in total. The van der Waals surface area contributed by atoms with E-state index < -0.39 is 5.92 Å². The molecule has 90 valence electrons. The average molecular weight is 220 g/mol. The molecule has 1 aliphatic heterocycles. The first-order valence-corrected chi connectivity index (χ1v) is 5.90. The lowest BCUT2D eigenvalue weighted by atomic mass is 9.86. The number of alkyl halides is 2. The average Bonchev–Trinajstić information content (AvgIpc) is 2.04. The molecule has 1 aliphatic rings. The van der Waals surface area contributed by atoms with E-state index >= 15 is 0 Å². The lowest BCUT2D eigenvalue weighted by Crippen LogP contribution is -2.49. The quantitative estimate of drug-likeness (QED) is 0.626. The number of rotatable bonds is 2. The zero-order chi connectivity index (χ0) is 11.7. The van der Waals surface area contributed by atoms with Gasteiger partial charge in [-0.1, -0.05) is 20.8 Å². The van der Waals surface area contributed by atoms with Gasteiger partial charge in [0.15, 0.2) is 0 Å². The Morgan fingerprint density at radius 1 is 1.27 bits per heavy atom. The van der Waals surface area contributed by atoms with Crippen molar-refractivity contribution in [2.24, 2.45) is 5.41 Å². The summed E-state index contributed by atoms with van der Waals surface area (Å²) < 4.78 is 27.9. The van der Waals surface area contributed by atoms with E-state index in [1.54, 1.807) is 0 Å². The second-order valence-electron chi connectivity index (χ2n) is 6.17. The molecule has 0 aliphatic carbocycles. The molecule has 0 saturated carbocycles. The zero-order valence-corrected chi connectivity index (χ0v) is 10.4. The van der Waals surface area contributed by atoms with Crippen LogP contribution in [-0.2, 0) is 0 Å². The Kier molecular flexibility index (Phi) is 3.44. The molecule has 0 aromatic rings. The third-order valence-corrected chi connectivity index (χ3v) is 3.33. The zero-order valence-electron chi connectivity index (χ0n) is 10.4. The van der Waals surface area contributed by atoms with Gasteiger partial charge in [-0.2, -0.15) is 0 Å². The van der Waals surface area contributed by atoms with Crippen LogP contribution in [0.2, 0.25) is 0 Å². The molecule has 1 heterocycles. The van der Waals surface area contributed by atoms with Crippen molar-refractivity contribution in [2.45, 2.75) is 46.0 Å². The second-order valence-corrected chi connectivity index (χ2v) is 6.17. The van der Waals surface area contributed by atoms with E-state index in [1.807, 2.05) is 13.8 Å². The largest absolute Gasteiger partial charge is 0.325 e. The SMILES string of the molecule is CCC[N+]1(C)CCC(F)(F)CC(C)(C)C1. The predicted molar refractivity (Wildman–Crippen MR) is 59.0 cm³/mol. The van der Waals surface area contributed by atoms with Crippen LogP contribution in [0.1, 0.15) is 40.0 Å². The molecular weight excluding hydrogens is 196 g/mol. The summed E-state index contributed by atoms with van der Waals surface area (Å²) in [6.07, 6.45) is 1.16. The predicted octanol–water partition coefficient (Wildman–Crippen LogP) is 3.30. The van der Waals surface area contributed by atoms with Crippen LogP contribution in [0, 0.1) is 5.41 Å². The fourth-order valence-electron chi connectivity index (χ4n) is 3.12. The Balaban J connectivity index is 2.81. The summed E-state index contributed by atoms with van der Waals surface area (Å²) in [4.78, 5) is 0.